The molecular formula is C17H19F3N4O3S. The molecule has 0 aliphatic carbocycles. The summed E-state index contributed by atoms with van der Waals surface area (Å²) in [6.45, 7) is 1.62. The van der Waals surface area contributed by atoms with Gasteiger partial charge in [0.05, 0.1) is 16.7 Å². The van der Waals surface area contributed by atoms with Gasteiger partial charge >= 0.3 is 6.18 Å². The average molecular weight is 416 g/mol. The van der Waals surface area contributed by atoms with Gasteiger partial charge in [-0.25, -0.2) is 12.7 Å². The molecule has 0 saturated heterocycles. The van der Waals surface area contributed by atoms with Crippen LogP contribution in [0.3, 0.4) is 0 Å². The van der Waals surface area contributed by atoms with Crippen molar-refractivity contribution in [3.63, 3.8) is 0 Å². The lowest BCUT2D eigenvalue weighted by Gasteiger charge is -2.20. The summed E-state index contributed by atoms with van der Waals surface area (Å²) in [4.78, 5) is 14.1. The van der Waals surface area contributed by atoms with E-state index in [-0.39, 0.29) is 18.0 Å². The number of halogens is 3. The minimum atomic E-state index is -4.74. The Morgan fingerprint density at radius 1 is 1.29 bits per heavy atom. The highest BCUT2D eigenvalue weighted by Gasteiger charge is 2.41. The molecule has 2 aromatic rings. The normalized spacial score (nSPS) is 14.6. The Hall–Kier alpha value is -2.40. The van der Waals surface area contributed by atoms with E-state index >= 15 is 0 Å². The molecule has 0 atom stereocenters. The van der Waals surface area contributed by atoms with Gasteiger partial charge in [0.2, 0.25) is 10.0 Å². The van der Waals surface area contributed by atoms with Gasteiger partial charge in [-0.05, 0) is 31.0 Å². The first-order valence-electron chi connectivity index (χ1n) is 8.48. The molecule has 1 aliphatic heterocycles. The number of anilines is 1. The van der Waals surface area contributed by atoms with E-state index in [0.717, 1.165) is 15.2 Å². The molecule has 0 fully saturated rings. The number of amides is 1. The number of hydrogen-bond acceptors (Lipinski definition) is 4. The zero-order chi connectivity index (χ0) is 20.9. The van der Waals surface area contributed by atoms with E-state index in [1.807, 2.05) is 0 Å². The number of aromatic nitrogens is 2. The number of fused-ring (bicyclic) bond motifs is 1. The molecule has 0 bridgehead atoms. The van der Waals surface area contributed by atoms with E-state index in [1.54, 1.807) is 6.07 Å². The second-order valence-corrected chi connectivity index (χ2v) is 8.66. The number of carbonyl (C=O) groups is 1. The molecule has 0 spiro atoms. The van der Waals surface area contributed by atoms with Gasteiger partial charge in [0.15, 0.2) is 5.69 Å². The number of benzene rings is 1. The summed E-state index contributed by atoms with van der Waals surface area (Å²) in [5, 5.41) is 3.68. The molecule has 3 rings (SSSR count). The van der Waals surface area contributed by atoms with E-state index in [9.17, 15) is 26.4 Å². The van der Waals surface area contributed by atoms with Crippen molar-refractivity contribution in [1.29, 1.82) is 0 Å². The summed E-state index contributed by atoms with van der Waals surface area (Å²) in [6.07, 6.45) is -3.41. The highest BCUT2D eigenvalue weighted by atomic mass is 32.2. The maximum Gasteiger partial charge on any atom is 0.433 e. The number of alkyl halides is 3. The predicted octanol–water partition coefficient (Wildman–Crippen LogP) is 2.38. The van der Waals surface area contributed by atoms with Crippen molar-refractivity contribution in [2.75, 3.05) is 25.5 Å². The molecule has 11 heteroatoms. The maximum absolute atomic E-state index is 13.5. The Kier molecular flexibility index (Phi) is 5.00. The van der Waals surface area contributed by atoms with Gasteiger partial charge in [0.1, 0.15) is 0 Å². The topological polar surface area (TPSA) is 75.5 Å². The molecule has 1 aromatic heterocycles. The van der Waals surface area contributed by atoms with Crippen LogP contribution >= 0.6 is 0 Å². The van der Waals surface area contributed by atoms with Gasteiger partial charge in [-0.2, -0.15) is 18.3 Å². The lowest BCUT2D eigenvalue weighted by molar-refractivity contribution is -0.144. The molecular weight excluding hydrogens is 397 g/mol. The molecule has 0 N–H and O–H groups in total. The average Bonchev–Trinajstić information content (AvgIpc) is 3.24. The van der Waals surface area contributed by atoms with Crippen molar-refractivity contribution in [3.8, 4) is 0 Å². The van der Waals surface area contributed by atoms with E-state index in [1.165, 1.54) is 38.1 Å². The highest BCUT2D eigenvalue weighted by molar-refractivity contribution is 7.89. The van der Waals surface area contributed by atoms with Crippen LogP contribution < -0.4 is 4.90 Å². The van der Waals surface area contributed by atoms with E-state index in [2.05, 4.69) is 5.10 Å². The summed E-state index contributed by atoms with van der Waals surface area (Å²) in [5.74, 6) is -0.856. The van der Waals surface area contributed by atoms with Crippen LogP contribution in [0.15, 0.2) is 29.3 Å². The molecule has 0 radical (unpaired) electrons. The van der Waals surface area contributed by atoms with E-state index in [4.69, 9.17) is 0 Å². The zero-order valence-corrected chi connectivity index (χ0v) is 16.3. The Morgan fingerprint density at radius 2 is 1.96 bits per heavy atom. The SMILES string of the molecule is CCn1ncc(C(=O)N2CCc3ccc(S(=O)(=O)N(C)C)cc32)c1C(F)(F)F. The molecule has 0 saturated carbocycles. The first-order valence-corrected chi connectivity index (χ1v) is 9.92. The van der Waals surface area contributed by atoms with Crippen LogP contribution in [-0.4, -0.2) is 49.1 Å². The Labute approximate surface area is 160 Å². The van der Waals surface area contributed by atoms with Crippen molar-refractivity contribution in [1.82, 2.24) is 14.1 Å². The van der Waals surface area contributed by atoms with Gasteiger partial charge in [-0.15, -0.1) is 0 Å². The van der Waals surface area contributed by atoms with E-state index < -0.39 is 33.4 Å². The van der Waals surface area contributed by atoms with Crippen LogP contribution in [-0.2, 0) is 29.2 Å². The molecule has 152 valence electrons. The molecule has 1 amide bonds. The highest BCUT2D eigenvalue weighted by Crippen LogP contribution is 2.36. The fourth-order valence-corrected chi connectivity index (χ4v) is 4.09. The summed E-state index contributed by atoms with van der Waals surface area (Å²) in [5.41, 5.74) is -0.665. The van der Waals surface area contributed by atoms with Crippen LogP contribution in [0.25, 0.3) is 0 Å². The zero-order valence-electron chi connectivity index (χ0n) is 15.5. The maximum atomic E-state index is 13.5. The first-order chi connectivity index (χ1) is 13.0. The van der Waals surface area contributed by atoms with Crippen molar-refractivity contribution in [2.45, 2.75) is 31.0 Å². The lowest BCUT2D eigenvalue weighted by Crippen LogP contribution is -2.31. The number of carbonyl (C=O) groups excluding carboxylic acids is 1. The van der Waals surface area contributed by atoms with Gasteiger partial charge in [0.25, 0.3) is 5.91 Å². The number of nitrogens with zero attached hydrogens (tertiary/aromatic N) is 4. The minimum Gasteiger partial charge on any atom is -0.308 e. The third-order valence-corrected chi connectivity index (χ3v) is 6.43. The Bertz CT molecular complexity index is 1030. The van der Waals surface area contributed by atoms with Crippen molar-refractivity contribution < 1.29 is 26.4 Å². The number of rotatable bonds is 4. The first kappa shape index (κ1) is 20.3. The quantitative estimate of drug-likeness (QED) is 0.767. The summed E-state index contributed by atoms with van der Waals surface area (Å²) in [6, 6.07) is 4.34. The largest absolute Gasteiger partial charge is 0.433 e. The van der Waals surface area contributed by atoms with Crippen molar-refractivity contribution >= 4 is 21.6 Å². The van der Waals surface area contributed by atoms with Crippen molar-refractivity contribution in [3.05, 3.63) is 41.2 Å². The second kappa shape index (κ2) is 6.89. The molecule has 2 heterocycles. The smallest absolute Gasteiger partial charge is 0.308 e. The fraction of sp³-hybridized carbons (Fsp3) is 0.412. The van der Waals surface area contributed by atoms with Gasteiger partial charge in [0, 0.05) is 32.9 Å². The van der Waals surface area contributed by atoms with Crippen LogP contribution in [0.1, 0.15) is 28.5 Å². The summed E-state index contributed by atoms with van der Waals surface area (Å²) >= 11 is 0. The monoisotopic (exact) mass is 416 g/mol. The minimum absolute atomic E-state index is 0.0313. The Morgan fingerprint density at radius 3 is 2.54 bits per heavy atom. The number of hydrogen-bond donors (Lipinski definition) is 0. The van der Waals surface area contributed by atoms with Gasteiger partial charge < -0.3 is 4.90 Å². The molecule has 28 heavy (non-hydrogen) atoms. The van der Waals surface area contributed by atoms with Crippen LogP contribution in [0, 0.1) is 0 Å². The standard InChI is InChI=1S/C17H19F3N4O3S/c1-4-24-15(17(18,19)20)13(10-21-24)16(25)23-8-7-11-5-6-12(9-14(11)23)28(26,27)22(2)3/h5-6,9-10H,4,7-8H2,1-3H3. The van der Waals surface area contributed by atoms with Crippen LogP contribution in [0.5, 0.6) is 0 Å². The third-order valence-electron chi connectivity index (χ3n) is 4.61. The predicted molar refractivity (Wildman–Crippen MR) is 95.6 cm³/mol. The van der Waals surface area contributed by atoms with Crippen LogP contribution in [0.4, 0.5) is 18.9 Å². The number of aryl methyl sites for hydroxylation is 1. The third kappa shape index (κ3) is 3.28. The second-order valence-electron chi connectivity index (χ2n) is 6.51. The lowest BCUT2D eigenvalue weighted by atomic mass is 10.1. The van der Waals surface area contributed by atoms with Crippen molar-refractivity contribution in [2.24, 2.45) is 0 Å². The number of sulfonamides is 1. The summed E-state index contributed by atoms with van der Waals surface area (Å²) in [7, 11) is -0.994. The van der Waals surface area contributed by atoms with Gasteiger partial charge in [-0.1, -0.05) is 6.07 Å². The van der Waals surface area contributed by atoms with Crippen LogP contribution in [0.2, 0.25) is 0 Å². The molecule has 7 nitrogen and oxygen atoms in total. The molecule has 1 aliphatic rings. The molecule has 0 unspecified atom stereocenters. The van der Waals surface area contributed by atoms with E-state index in [0.29, 0.717) is 17.7 Å². The molecule has 1 aromatic carbocycles. The fourth-order valence-electron chi connectivity index (χ4n) is 3.17. The Balaban J connectivity index is 2.06. The van der Waals surface area contributed by atoms with Gasteiger partial charge in [-0.3, -0.25) is 9.48 Å². The summed E-state index contributed by atoms with van der Waals surface area (Å²) < 4.78 is 66.9.